The van der Waals surface area contributed by atoms with Gasteiger partial charge in [-0.2, -0.15) is 0 Å². The summed E-state index contributed by atoms with van der Waals surface area (Å²) in [4.78, 5) is 10.9. The van der Waals surface area contributed by atoms with Gasteiger partial charge in [0, 0.05) is 25.7 Å². The van der Waals surface area contributed by atoms with Gasteiger partial charge in [0.1, 0.15) is 18.0 Å². The number of rotatable bonds is 8. The van der Waals surface area contributed by atoms with Crippen LogP contribution in [0.2, 0.25) is 0 Å². The van der Waals surface area contributed by atoms with Gasteiger partial charge in [0.05, 0.1) is 0 Å². The maximum absolute atomic E-state index is 4.35. The Labute approximate surface area is 110 Å². The summed E-state index contributed by atoms with van der Waals surface area (Å²) in [7, 11) is 4.02. The lowest BCUT2D eigenvalue weighted by Crippen LogP contribution is -2.25. The van der Waals surface area contributed by atoms with Crippen LogP contribution in [0.25, 0.3) is 0 Å². The zero-order valence-corrected chi connectivity index (χ0v) is 12.0. The van der Waals surface area contributed by atoms with Crippen LogP contribution in [0.1, 0.15) is 25.8 Å². The lowest BCUT2D eigenvalue weighted by atomic mass is 10.1. The SMILES string of the molecule is CCCc1c(NC)ncnc1NCCN(C)CC. The Morgan fingerprint density at radius 2 is 1.94 bits per heavy atom. The van der Waals surface area contributed by atoms with E-state index in [1.165, 1.54) is 5.56 Å². The van der Waals surface area contributed by atoms with Crippen LogP contribution in [-0.4, -0.2) is 48.6 Å². The number of anilines is 2. The average molecular weight is 251 g/mol. The molecular formula is C13H25N5. The molecule has 0 bridgehead atoms. The molecule has 0 unspecified atom stereocenters. The Hall–Kier alpha value is -1.36. The fourth-order valence-corrected chi connectivity index (χ4v) is 1.79. The minimum absolute atomic E-state index is 0.904. The molecule has 1 aromatic heterocycles. The van der Waals surface area contributed by atoms with Crippen molar-refractivity contribution >= 4 is 11.6 Å². The summed E-state index contributed by atoms with van der Waals surface area (Å²) in [5.41, 5.74) is 1.18. The minimum Gasteiger partial charge on any atom is -0.373 e. The van der Waals surface area contributed by atoms with Crippen molar-refractivity contribution in [3.05, 3.63) is 11.9 Å². The second-order valence-corrected chi connectivity index (χ2v) is 4.37. The van der Waals surface area contributed by atoms with Crippen LogP contribution in [0.4, 0.5) is 11.6 Å². The molecule has 1 heterocycles. The average Bonchev–Trinajstić information content (AvgIpc) is 2.40. The molecule has 0 spiro atoms. The van der Waals surface area contributed by atoms with Crippen molar-refractivity contribution in [2.75, 3.05) is 44.4 Å². The second-order valence-electron chi connectivity index (χ2n) is 4.37. The molecule has 0 saturated heterocycles. The van der Waals surface area contributed by atoms with Crippen molar-refractivity contribution in [3.8, 4) is 0 Å². The van der Waals surface area contributed by atoms with E-state index in [9.17, 15) is 0 Å². The molecule has 0 atom stereocenters. The van der Waals surface area contributed by atoms with Crippen LogP contribution in [0.5, 0.6) is 0 Å². The highest BCUT2D eigenvalue weighted by atomic mass is 15.1. The van der Waals surface area contributed by atoms with Gasteiger partial charge < -0.3 is 15.5 Å². The molecule has 102 valence electrons. The van der Waals surface area contributed by atoms with Crippen molar-refractivity contribution < 1.29 is 0 Å². The quantitative estimate of drug-likeness (QED) is 0.738. The van der Waals surface area contributed by atoms with Gasteiger partial charge in [0.25, 0.3) is 0 Å². The van der Waals surface area contributed by atoms with Crippen LogP contribution in [0, 0.1) is 0 Å². The number of likely N-dealkylation sites (N-methyl/N-ethyl adjacent to an activating group) is 1. The fraction of sp³-hybridized carbons (Fsp3) is 0.692. The molecule has 0 aliphatic heterocycles. The van der Waals surface area contributed by atoms with Crippen LogP contribution < -0.4 is 10.6 Å². The van der Waals surface area contributed by atoms with E-state index in [0.29, 0.717) is 0 Å². The van der Waals surface area contributed by atoms with Gasteiger partial charge in [0.15, 0.2) is 0 Å². The van der Waals surface area contributed by atoms with E-state index in [0.717, 1.165) is 44.1 Å². The molecule has 0 aliphatic carbocycles. The molecule has 0 fully saturated rings. The van der Waals surface area contributed by atoms with Crippen molar-refractivity contribution in [3.63, 3.8) is 0 Å². The number of hydrogen-bond donors (Lipinski definition) is 2. The summed E-state index contributed by atoms with van der Waals surface area (Å²) in [5, 5.41) is 6.53. The van der Waals surface area contributed by atoms with E-state index in [1.807, 2.05) is 7.05 Å². The van der Waals surface area contributed by atoms with Gasteiger partial charge in [-0.25, -0.2) is 9.97 Å². The Balaban J connectivity index is 2.68. The highest BCUT2D eigenvalue weighted by molar-refractivity contribution is 5.57. The number of nitrogens with zero attached hydrogens (tertiary/aromatic N) is 3. The lowest BCUT2D eigenvalue weighted by molar-refractivity contribution is 0.367. The standard InChI is InChI=1S/C13H25N5/c1-5-7-11-12(14-3)16-10-17-13(11)15-8-9-18(4)6-2/h10H,5-9H2,1-4H3,(H2,14,15,16,17). The Morgan fingerprint density at radius 1 is 1.22 bits per heavy atom. The van der Waals surface area contributed by atoms with Crippen LogP contribution >= 0.6 is 0 Å². The second kappa shape index (κ2) is 7.87. The van der Waals surface area contributed by atoms with Gasteiger partial charge in [-0.1, -0.05) is 20.3 Å². The largest absolute Gasteiger partial charge is 0.373 e. The highest BCUT2D eigenvalue weighted by Gasteiger charge is 2.09. The summed E-state index contributed by atoms with van der Waals surface area (Å²) in [6, 6.07) is 0. The van der Waals surface area contributed by atoms with E-state index < -0.39 is 0 Å². The van der Waals surface area contributed by atoms with Gasteiger partial charge >= 0.3 is 0 Å². The van der Waals surface area contributed by atoms with Crippen molar-refractivity contribution in [1.29, 1.82) is 0 Å². The van der Waals surface area contributed by atoms with E-state index in [-0.39, 0.29) is 0 Å². The van der Waals surface area contributed by atoms with Crippen LogP contribution in [-0.2, 0) is 6.42 Å². The first kappa shape index (κ1) is 14.7. The topological polar surface area (TPSA) is 53.1 Å². The van der Waals surface area contributed by atoms with E-state index >= 15 is 0 Å². The molecule has 5 heteroatoms. The third-order valence-electron chi connectivity index (χ3n) is 3.01. The minimum atomic E-state index is 0.904. The van der Waals surface area contributed by atoms with Crippen molar-refractivity contribution in [1.82, 2.24) is 14.9 Å². The zero-order chi connectivity index (χ0) is 13.4. The zero-order valence-electron chi connectivity index (χ0n) is 12.0. The van der Waals surface area contributed by atoms with E-state index in [2.05, 4.69) is 46.4 Å². The van der Waals surface area contributed by atoms with Crippen molar-refractivity contribution in [2.45, 2.75) is 26.7 Å². The molecular weight excluding hydrogens is 226 g/mol. The smallest absolute Gasteiger partial charge is 0.134 e. The van der Waals surface area contributed by atoms with E-state index in [4.69, 9.17) is 0 Å². The molecule has 2 N–H and O–H groups in total. The molecule has 0 radical (unpaired) electrons. The van der Waals surface area contributed by atoms with Gasteiger partial charge in [-0.05, 0) is 20.0 Å². The number of hydrogen-bond acceptors (Lipinski definition) is 5. The monoisotopic (exact) mass is 251 g/mol. The molecule has 5 nitrogen and oxygen atoms in total. The molecule has 0 aromatic carbocycles. The van der Waals surface area contributed by atoms with Crippen LogP contribution in [0.15, 0.2) is 6.33 Å². The summed E-state index contributed by atoms with van der Waals surface area (Å²) in [6.45, 7) is 7.31. The Bertz CT molecular complexity index is 353. The third-order valence-corrected chi connectivity index (χ3v) is 3.01. The number of aromatic nitrogens is 2. The number of nitrogens with one attached hydrogen (secondary N) is 2. The normalized spacial score (nSPS) is 10.7. The Morgan fingerprint density at radius 3 is 2.56 bits per heavy atom. The van der Waals surface area contributed by atoms with E-state index in [1.54, 1.807) is 6.33 Å². The van der Waals surface area contributed by atoms with Crippen LogP contribution in [0.3, 0.4) is 0 Å². The van der Waals surface area contributed by atoms with Gasteiger partial charge in [-0.3, -0.25) is 0 Å². The molecule has 18 heavy (non-hydrogen) atoms. The first-order valence-electron chi connectivity index (χ1n) is 6.66. The van der Waals surface area contributed by atoms with Crippen molar-refractivity contribution in [2.24, 2.45) is 0 Å². The van der Waals surface area contributed by atoms with Gasteiger partial charge in [-0.15, -0.1) is 0 Å². The summed E-state index contributed by atoms with van der Waals surface area (Å²) >= 11 is 0. The molecule has 0 saturated carbocycles. The molecule has 1 aromatic rings. The summed E-state index contributed by atoms with van der Waals surface area (Å²) in [5.74, 6) is 1.89. The molecule has 0 aliphatic rings. The molecule has 0 amide bonds. The highest BCUT2D eigenvalue weighted by Crippen LogP contribution is 2.20. The first-order chi connectivity index (χ1) is 8.72. The third kappa shape index (κ3) is 4.14. The van der Waals surface area contributed by atoms with Gasteiger partial charge in [0.2, 0.25) is 0 Å². The summed E-state index contributed by atoms with van der Waals surface area (Å²) < 4.78 is 0. The maximum atomic E-state index is 4.35. The first-order valence-corrected chi connectivity index (χ1v) is 6.66. The summed E-state index contributed by atoms with van der Waals surface area (Å²) in [6.07, 6.45) is 3.69. The Kier molecular flexibility index (Phi) is 6.43. The fourth-order valence-electron chi connectivity index (χ4n) is 1.79. The lowest BCUT2D eigenvalue weighted by Gasteiger charge is -2.16. The molecule has 1 rings (SSSR count). The maximum Gasteiger partial charge on any atom is 0.134 e. The predicted octanol–water partition coefficient (Wildman–Crippen LogP) is 1.83. The predicted molar refractivity (Wildman–Crippen MR) is 77.2 cm³/mol.